The zero-order valence-corrected chi connectivity index (χ0v) is 24.8. The molecule has 210 valence electrons. The molecule has 4 aromatic carbocycles. The number of ether oxygens (including phenoxy) is 1. The third-order valence-corrected chi connectivity index (χ3v) is 8.99. The van der Waals surface area contributed by atoms with Crippen molar-refractivity contribution in [1.29, 1.82) is 0 Å². The summed E-state index contributed by atoms with van der Waals surface area (Å²) in [6, 6.07) is 28.8. The second kappa shape index (κ2) is 12.0. The number of benzene rings is 4. The van der Waals surface area contributed by atoms with E-state index in [1.54, 1.807) is 66.7 Å². The summed E-state index contributed by atoms with van der Waals surface area (Å²) in [4.78, 5) is 15.5. The lowest BCUT2D eigenvalue weighted by Crippen LogP contribution is -2.47. The summed E-state index contributed by atoms with van der Waals surface area (Å²) in [6.07, 6.45) is -0.0798. The third-order valence-electron chi connectivity index (χ3n) is 7.13. The molecule has 2 atom stereocenters. The fraction of sp³-hybridized carbons (Fsp3) is 0.156. The Balaban J connectivity index is 1.77. The van der Waals surface area contributed by atoms with Crippen LogP contribution < -0.4 is 4.83 Å². The molecule has 0 aliphatic carbocycles. The minimum Gasteiger partial charge on any atom is -0.469 e. The number of rotatable bonds is 8. The molecule has 5 rings (SSSR count). The summed E-state index contributed by atoms with van der Waals surface area (Å²) >= 11 is 3.46. The SMILES string of the molecule is COC(=O)CC(c1ccc(Br)cc1)C1c2ccccc2C(F)=C(c2ccccc2)N1NS(=O)(=O)c1ccc(C)cc1. The van der Waals surface area contributed by atoms with Gasteiger partial charge in [-0.3, -0.25) is 9.80 Å². The summed E-state index contributed by atoms with van der Waals surface area (Å²) in [7, 11) is -2.87. The lowest BCUT2D eigenvalue weighted by molar-refractivity contribution is -0.141. The van der Waals surface area contributed by atoms with Gasteiger partial charge in [0.1, 0.15) is 0 Å². The van der Waals surface area contributed by atoms with Crippen LogP contribution in [-0.4, -0.2) is 26.5 Å². The quantitative estimate of drug-likeness (QED) is 0.208. The number of nitrogens with one attached hydrogen (secondary N) is 1. The number of esters is 1. The Labute approximate surface area is 247 Å². The van der Waals surface area contributed by atoms with Gasteiger partial charge >= 0.3 is 5.97 Å². The van der Waals surface area contributed by atoms with Crippen molar-refractivity contribution < 1.29 is 22.3 Å². The molecule has 1 aliphatic rings. The number of hydrazine groups is 1. The average molecular weight is 636 g/mol. The van der Waals surface area contributed by atoms with E-state index in [9.17, 15) is 13.2 Å². The minimum absolute atomic E-state index is 0.0293. The van der Waals surface area contributed by atoms with Gasteiger partial charge in [0, 0.05) is 21.5 Å². The standard InChI is InChI=1S/C32H28BrFN2O4S/c1-21-12-18-25(19-13-21)41(38,39)35-36-31(23-8-4-3-5-9-23)30(34)26-10-6-7-11-27(26)32(36)28(20-29(37)40-2)22-14-16-24(33)17-15-22/h3-19,28,32,35H,20H2,1-2H3. The van der Waals surface area contributed by atoms with Crippen LogP contribution in [0.25, 0.3) is 11.5 Å². The summed E-state index contributed by atoms with van der Waals surface area (Å²) in [5.74, 6) is -1.68. The zero-order chi connectivity index (χ0) is 29.1. The number of aryl methyl sites for hydroxylation is 1. The van der Waals surface area contributed by atoms with Crippen LogP contribution in [0.2, 0.25) is 0 Å². The van der Waals surface area contributed by atoms with Crippen LogP contribution in [0.1, 0.15) is 46.2 Å². The topological polar surface area (TPSA) is 75.7 Å². The van der Waals surface area contributed by atoms with Crippen LogP contribution in [-0.2, 0) is 19.6 Å². The number of hydrogen-bond donors (Lipinski definition) is 1. The monoisotopic (exact) mass is 634 g/mol. The molecule has 0 spiro atoms. The predicted octanol–water partition coefficient (Wildman–Crippen LogP) is 7.15. The Morgan fingerprint density at radius 1 is 0.951 bits per heavy atom. The lowest BCUT2D eigenvalue weighted by Gasteiger charge is -2.43. The second-order valence-corrected chi connectivity index (χ2v) is 12.4. The highest BCUT2D eigenvalue weighted by Crippen LogP contribution is 2.49. The molecule has 0 amide bonds. The summed E-state index contributed by atoms with van der Waals surface area (Å²) < 4.78 is 50.1. The maximum Gasteiger partial charge on any atom is 0.306 e. The number of carbonyl (C=O) groups is 1. The Morgan fingerprint density at radius 2 is 1.59 bits per heavy atom. The van der Waals surface area contributed by atoms with E-state index in [0.717, 1.165) is 15.6 Å². The molecule has 1 aliphatic heterocycles. The Morgan fingerprint density at radius 3 is 2.24 bits per heavy atom. The minimum atomic E-state index is -4.18. The maximum absolute atomic E-state index is 16.5. The van der Waals surface area contributed by atoms with E-state index in [2.05, 4.69) is 20.8 Å². The molecule has 4 aromatic rings. The Kier molecular flexibility index (Phi) is 8.40. The second-order valence-electron chi connectivity index (χ2n) is 9.78. The van der Waals surface area contributed by atoms with Crippen LogP contribution in [0.5, 0.6) is 0 Å². The number of nitrogens with zero attached hydrogens (tertiary/aromatic N) is 1. The van der Waals surface area contributed by atoms with E-state index in [1.165, 1.54) is 24.3 Å². The molecule has 2 unspecified atom stereocenters. The van der Waals surface area contributed by atoms with Gasteiger partial charge in [-0.05, 0) is 42.3 Å². The largest absolute Gasteiger partial charge is 0.469 e. The van der Waals surface area contributed by atoms with Gasteiger partial charge in [0.25, 0.3) is 10.0 Å². The Bertz CT molecular complexity index is 1690. The molecule has 0 bridgehead atoms. The first-order valence-electron chi connectivity index (χ1n) is 12.9. The molecule has 1 heterocycles. The summed E-state index contributed by atoms with van der Waals surface area (Å²) in [6.45, 7) is 1.86. The van der Waals surface area contributed by atoms with E-state index >= 15 is 4.39 Å². The van der Waals surface area contributed by atoms with Crippen molar-refractivity contribution in [2.45, 2.75) is 30.2 Å². The van der Waals surface area contributed by atoms with Crippen molar-refractivity contribution in [1.82, 2.24) is 9.84 Å². The van der Waals surface area contributed by atoms with Gasteiger partial charge in [0.15, 0.2) is 5.83 Å². The first-order valence-corrected chi connectivity index (χ1v) is 15.2. The maximum atomic E-state index is 16.5. The van der Waals surface area contributed by atoms with Gasteiger partial charge in [-0.25, -0.2) is 12.8 Å². The smallest absolute Gasteiger partial charge is 0.306 e. The van der Waals surface area contributed by atoms with Gasteiger partial charge < -0.3 is 4.74 Å². The molecule has 9 heteroatoms. The fourth-order valence-electron chi connectivity index (χ4n) is 5.11. The van der Waals surface area contributed by atoms with Crippen LogP contribution in [0.4, 0.5) is 4.39 Å². The number of hydrogen-bond acceptors (Lipinski definition) is 5. The number of methoxy groups -OCH3 is 1. The van der Waals surface area contributed by atoms with Crippen LogP contribution in [0.3, 0.4) is 0 Å². The van der Waals surface area contributed by atoms with Crippen molar-refractivity contribution in [2.24, 2.45) is 0 Å². The van der Waals surface area contributed by atoms with E-state index < -0.39 is 33.8 Å². The van der Waals surface area contributed by atoms with Gasteiger partial charge in [-0.15, -0.1) is 4.83 Å². The zero-order valence-electron chi connectivity index (χ0n) is 22.4. The van der Waals surface area contributed by atoms with Gasteiger partial charge in [0.2, 0.25) is 0 Å². The normalized spacial score (nSPS) is 15.8. The molecular formula is C32H28BrFN2O4S. The van der Waals surface area contributed by atoms with E-state index in [0.29, 0.717) is 16.7 Å². The highest BCUT2D eigenvalue weighted by molar-refractivity contribution is 9.10. The van der Waals surface area contributed by atoms with E-state index in [-0.39, 0.29) is 17.0 Å². The molecule has 0 aromatic heterocycles. The molecule has 6 nitrogen and oxygen atoms in total. The molecule has 0 saturated heterocycles. The van der Waals surface area contributed by atoms with E-state index in [1.807, 2.05) is 31.2 Å². The highest BCUT2D eigenvalue weighted by atomic mass is 79.9. The van der Waals surface area contributed by atoms with Gasteiger partial charge in [0.05, 0.1) is 30.2 Å². The van der Waals surface area contributed by atoms with Crippen LogP contribution >= 0.6 is 15.9 Å². The highest BCUT2D eigenvalue weighted by Gasteiger charge is 2.42. The summed E-state index contributed by atoms with van der Waals surface area (Å²) in [5, 5.41) is 1.36. The molecule has 0 saturated carbocycles. The first kappa shape index (κ1) is 28.7. The van der Waals surface area contributed by atoms with Gasteiger partial charge in [-0.2, -0.15) is 0 Å². The number of fused-ring (bicyclic) bond motifs is 1. The third kappa shape index (κ3) is 5.98. The average Bonchev–Trinajstić information content (AvgIpc) is 2.97. The van der Waals surface area contributed by atoms with Gasteiger partial charge in [-0.1, -0.05) is 100 Å². The molecular weight excluding hydrogens is 607 g/mol. The molecule has 41 heavy (non-hydrogen) atoms. The van der Waals surface area contributed by atoms with Crippen LogP contribution in [0.15, 0.2) is 112 Å². The van der Waals surface area contributed by atoms with Crippen LogP contribution in [0, 0.1) is 6.92 Å². The Hall–Kier alpha value is -3.79. The number of carbonyl (C=O) groups excluding carboxylic acids is 1. The molecule has 0 radical (unpaired) electrons. The summed E-state index contributed by atoms with van der Waals surface area (Å²) in [5.41, 5.74) is 3.05. The molecule has 1 N–H and O–H groups in total. The van der Waals surface area contributed by atoms with Crippen molar-refractivity contribution >= 4 is 43.4 Å². The number of sulfonamides is 1. The lowest BCUT2D eigenvalue weighted by atomic mass is 9.80. The van der Waals surface area contributed by atoms with Crippen molar-refractivity contribution in [3.05, 3.63) is 135 Å². The molecule has 0 fully saturated rings. The number of halogens is 2. The first-order chi connectivity index (χ1) is 19.7. The van der Waals surface area contributed by atoms with Crippen molar-refractivity contribution in [2.75, 3.05) is 7.11 Å². The van der Waals surface area contributed by atoms with Crippen molar-refractivity contribution in [3.8, 4) is 0 Å². The predicted molar refractivity (Wildman–Crippen MR) is 160 cm³/mol. The fourth-order valence-corrected chi connectivity index (χ4v) is 6.44. The van der Waals surface area contributed by atoms with E-state index in [4.69, 9.17) is 4.74 Å². The van der Waals surface area contributed by atoms with Crippen molar-refractivity contribution in [3.63, 3.8) is 0 Å².